The molecule has 0 bridgehead atoms. The van der Waals surface area contributed by atoms with Crippen LogP contribution in [0, 0.1) is 0 Å². The summed E-state index contributed by atoms with van der Waals surface area (Å²) < 4.78 is 5.42. The van der Waals surface area contributed by atoms with Crippen molar-refractivity contribution in [2.75, 3.05) is 18.6 Å². The molecule has 0 saturated heterocycles. The summed E-state index contributed by atoms with van der Waals surface area (Å²) in [7, 11) is 1.66. The third-order valence-corrected chi connectivity index (χ3v) is 6.04. The van der Waals surface area contributed by atoms with Crippen molar-refractivity contribution in [2.45, 2.75) is 32.5 Å². The summed E-state index contributed by atoms with van der Waals surface area (Å²) in [5.74, 6) is -0.458. The molecule has 3 amide bonds. The van der Waals surface area contributed by atoms with Gasteiger partial charge in [-0.1, -0.05) is 60.7 Å². The number of hydrogen-bond acceptors (Lipinski definition) is 5. The Kier molecular flexibility index (Phi) is 7.98. The van der Waals surface area contributed by atoms with Crippen molar-refractivity contribution in [1.29, 1.82) is 0 Å². The summed E-state index contributed by atoms with van der Waals surface area (Å²) in [6.07, 6.45) is -1.04. The molecule has 0 unspecified atom stereocenters. The van der Waals surface area contributed by atoms with E-state index in [-0.39, 0.29) is 18.2 Å². The zero-order valence-electron chi connectivity index (χ0n) is 21.1. The summed E-state index contributed by atoms with van der Waals surface area (Å²) in [5.41, 5.74) is 3.71. The Morgan fingerprint density at radius 1 is 1.00 bits per heavy atom. The lowest BCUT2D eigenvalue weighted by Crippen LogP contribution is -2.52. The van der Waals surface area contributed by atoms with Crippen LogP contribution in [0.25, 0.3) is 0 Å². The molecule has 8 heteroatoms. The Bertz CT molecular complexity index is 1300. The van der Waals surface area contributed by atoms with Crippen LogP contribution in [0.3, 0.4) is 0 Å². The number of nitrogens with one attached hydrogen (secondary N) is 2. The predicted molar refractivity (Wildman–Crippen MR) is 143 cm³/mol. The third-order valence-electron chi connectivity index (χ3n) is 6.04. The number of amides is 3. The number of benzodiazepines with no additional fused rings is 1. The molecular weight excluding hydrogens is 468 g/mol. The Labute approximate surface area is 216 Å². The summed E-state index contributed by atoms with van der Waals surface area (Å²) in [5, 5.41) is 5.42. The van der Waals surface area contributed by atoms with Crippen molar-refractivity contribution in [3.05, 3.63) is 95.6 Å². The Morgan fingerprint density at radius 2 is 1.68 bits per heavy atom. The van der Waals surface area contributed by atoms with Gasteiger partial charge in [-0.15, -0.1) is 0 Å². The van der Waals surface area contributed by atoms with Crippen molar-refractivity contribution >= 4 is 29.1 Å². The van der Waals surface area contributed by atoms with Crippen LogP contribution in [-0.2, 0) is 20.8 Å². The number of carbonyl (C=O) groups excluding carboxylic acids is 3. The molecule has 1 heterocycles. The van der Waals surface area contributed by atoms with E-state index in [1.165, 1.54) is 4.90 Å². The fraction of sp³-hybridized carbons (Fsp3) is 0.241. The minimum Gasteiger partial charge on any atom is -0.494 e. The Balaban J connectivity index is 1.48. The van der Waals surface area contributed by atoms with Crippen molar-refractivity contribution in [1.82, 2.24) is 10.6 Å². The van der Waals surface area contributed by atoms with Gasteiger partial charge in [-0.3, -0.25) is 14.4 Å². The van der Waals surface area contributed by atoms with Gasteiger partial charge in [-0.05, 0) is 37.6 Å². The molecule has 0 fully saturated rings. The number of hydrogen-bond donors (Lipinski definition) is 2. The zero-order chi connectivity index (χ0) is 26.4. The van der Waals surface area contributed by atoms with Gasteiger partial charge in [0.25, 0.3) is 5.91 Å². The van der Waals surface area contributed by atoms with Crippen molar-refractivity contribution < 1.29 is 19.1 Å². The Morgan fingerprint density at radius 3 is 2.38 bits per heavy atom. The standard InChI is InChI=1S/C29H30N4O4/c1-4-37-22-16-14-20(15-17-22)18-25(34)30-19(2)28(35)32-27-29(36)33(3)24-13-9-8-12-23(24)26(31-27)21-10-6-5-7-11-21/h5-17,19,27H,4,18H2,1-3H3,(H,30,34)(H,32,35)/t19-,27+/m0/s1. The van der Waals surface area contributed by atoms with E-state index in [1.807, 2.05) is 73.7 Å². The molecule has 4 rings (SSSR count). The molecule has 2 N–H and O–H groups in total. The topological polar surface area (TPSA) is 100 Å². The van der Waals surface area contributed by atoms with E-state index in [1.54, 1.807) is 26.1 Å². The van der Waals surface area contributed by atoms with E-state index in [0.717, 1.165) is 22.4 Å². The van der Waals surface area contributed by atoms with E-state index in [0.29, 0.717) is 18.0 Å². The normalized spacial score (nSPS) is 15.6. The molecule has 1 aliphatic heterocycles. The second kappa shape index (κ2) is 11.5. The largest absolute Gasteiger partial charge is 0.494 e. The highest BCUT2D eigenvalue weighted by atomic mass is 16.5. The minimum absolute atomic E-state index is 0.112. The number of anilines is 1. The van der Waals surface area contributed by atoms with Crippen LogP contribution in [-0.4, -0.2) is 49.3 Å². The smallest absolute Gasteiger partial charge is 0.272 e. The first kappa shape index (κ1) is 25.6. The van der Waals surface area contributed by atoms with Crippen LogP contribution < -0.4 is 20.3 Å². The number of para-hydroxylation sites is 1. The van der Waals surface area contributed by atoms with E-state index < -0.39 is 18.1 Å². The van der Waals surface area contributed by atoms with Crippen LogP contribution in [0.15, 0.2) is 83.9 Å². The van der Waals surface area contributed by atoms with Crippen molar-refractivity contribution in [3.8, 4) is 5.75 Å². The molecule has 0 radical (unpaired) electrons. The van der Waals surface area contributed by atoms with Gasteiger partial charge in [0.2, 0.25) is 18.0 Å². The third kappa shape index (κ3) is 6.03. The summed E-state index contributed by atoms with van der Waals surface area (Å²) >= 11 is 0. The maximum Gasteiger partial charge on any atom is 0.272 e. The average molecular weight is 499 g/mol. The Hall–Kier alpha value is -4.46. The highest BCUT2D eigenvalue weighted by Gasteiger charge is 2.32. The molecular formula is C29H30N4O4. The maximum absolute atomic E-state index is 13.3. The number of nitrogens with zero attached hydrogens (tertiary/aromatic N) is 2. The van der Waals surface area contributed by atoms with Gasteiger partial charge < -0.3 is 20.3 Å². The lowest BCUT2D eigenvalue weighted by atomic mass is 10.0. The van der Waals surface area contributed by atoms with Crippen molar-refractivity contribution in [2.24, 2.45) is 4.99 Å². The zero-order valence-corrected chi connectivity index (χ0v) is 21.1. The fourth-order valence-corrected chi connectivity index (χ4v) is 4.12. The fourth-order valence-electron chi connectivity index (χ4n) is 4.12. The number of fused-ring (bicyclic) bond motifs is 1. The van der Waals surface area contributed by atoms with E-state index in [9.17, 15) is 14.4 Å². The van der Waals surface area contributed by atoms with Gasteiger partial charge >= 0.3 is 0 Å². The molecule has 0 aromatic heterocycles. The average Bonchev–Trinajstić information content (AvgIpc) is 3.01. The lowest BCUT2D eigenvalue weighted by Gasteiger charge is -2.22. The van der Waals surface area contributed by atoms with Gasteiger partial charge in [0.05, 0.1) is 24.4 Å². The van der Waals surface area contributed by atoms with Crippen molar-refractivity contribution in [3.63, 3.8) is 0 Å². The number of aliphatic imine (C=N–C) groups is 1. The maximum atomic E-state index is 13.3. The molecule has 3 aromatic carbocycles. The molecule has 2 atom stereocenters. The number of rotatable bonds is 8. The highest BCUT2D eigenvalue weighted by Crippen LogP contribution is 2.27. The predicted octanol–water partition coefficient (Wildman–Crippen LogP) is 3.09. The summed E-state index contributed by atoms with van der Waals surface area (Å²) in [4.78, 5) is 45.0. The number of benzene rings is 3. The van der Waals surface area contributed by atoms with Gasteiger partial charge in [0.1, 0.15) is 11.8 Å². The molecule has 0 spiro atoms. The first-order valence-corrected chi connectivity index (χ1v) is 12.2. The molecule has 1 aliphatic rings. The first-order valence-electron chi connectivity index (χ1n) is 12.2. The van der Waals surface area contributed by atoms with Gasteiger partial charge in [-0.25, -0.2) is 4.99 Å². The number of carbonyl (C=O) groups is 3. The van der Waals surface area contributed by atoms with Gasteiger partial charge in [-0.2, -0.15) is 0 Å². The SMILES string of the molecule is CCOc1ccc(CC(=O)N[C@@H](C)C(=O)N[C@H]2N=C(c3ccccc3)c3ccccc3N(C)C2=O)cc1. The second-order valence-corrected chi connectivity index (χ2v) is 8.71. The molecule has 190 valence electrons. The number of ether oxygens (including phenoxy) is 1. The van der Waals surface area contributed by atoms with Crippen LogP contribution in [0.1, 0.15) is 30.5 Å². The van der Waals surface area contributed by atoms with Crippen LogP contribution in [0.5, 0.6) is 5.75 Å². The quantitative estimate of drug-likeness (QED) is 0.499. The van der Waals surface area contributed by atoms with E-state index in [2.05, 4.69) is 15.6 Å². The lowest BCUT2D eigenvalue weighted by molar-refractivity contribution is -0.130. The highest BCUT2D eigenvalue weighted by molar-refractivity contribution is 6.20. The molecule has 0 saturated carbocycles. The van der Waals surface area contributed by atoms with E-state index in [4.69, 9.17) is 4.74 Å². The van der Waals surface area contributed by atoms with Gasteiger partial charge in [0.15, 0.2) is 0 Å². The van der Waals surface area contributed by atoms with Crippen LogP contribution in [0.4, 0.5) is 5.69 Å². The second-order valence-electron chi connectivity index (χ2n) is 8.71. The van der Waals surface area contributed by atoms with Gasteiger partial charge in [0, 0.05) is 18.2 Å². The summed E-state index contributed by atoms with van der Waals surface area (Å²) in [6.45, 7) is 4.04. The summed E-state index contributed by atoms with van der Waals surface area (Å²) in [6, 6.07) is 23.4. The van der Waals surface area contributed by atoms with E-state index >= 15 is 0 Å². The first-order chi connectivity index (χ1) is 17.9. The molecule has 8 nitrogen and oxygen atoms in total. The molecule has 0 aliphatic carbocycles. The minimum atomic E-state index is -1.15. The van der Waals surface area contributed by atoms with Crippen LogP contribution >= 0.6 is 0 Å². The monoisotopic (exact) mass is 498 g/mol. The molecule has 3 aromatic rings. The number of likely N-dealkylation sites (N-methyl/N-ethyl adjacent to an activating group) is 1. The molecule has 37 heavy (non-hydrogen) atoms. The van der Waals surface area contributed by atoms with Crippen LogP contribution in [0.2, 0.25) is 0 Å².